The highest BCUT2D eigenvalue weighted by molar-refractivity contribution is 5.92. The summed E-state index contributed by atoms with van der Waals surface area (Å²) in [5, 5.41) is 17.3. The maximum absolute atomic E-state index is 11.7. The largest absolute Gasteiger partial charge is 0.500 e. The molecule has 1 spiro atoms. The van der Waals surface area contributed by atoms with Gasteiger partial charge in [-0.05, 0) is 49.9 Å². The van der Waals surface area contributed by atoms with E-state index in [1.54, 1.807) is 14.2 Å². The zero-order chi connectivity index (χ0) is 28.0. The van der Waals surface area contributed by atoms with E-state index in [0.717, 1.165) is 69.2 Å². The number of nitrogens with zero attached hydrogens (tertiary/aromatic N) is 3. The smallest absolute Gasteiger partial charge is 0.318 e. The summed E-state index contributed by atoms with van der Waals surface area (Å²) in [7, 11) is 3.27. The quantitative estimate of drug-likeness (QED) is 0.360. The van der Waals surface area contributed by atoms with Crippen LogP contribution < -0.4 is 20.9 Å². The van der Waals surface area contributed by atoms with Crippen LogP contribution in [0.4, 0.5) is 22.1 Å². The van der Waals surface area contributed by atoms with Crippen LogP contribution in [0.2, 0.25) is 0 Å². The van der Waals surface area contributed by atoms with Crippen LogP contribution in [0.5, 0.6) is 0 Å². The van der Waals surface area contributed by atoms with Crippen molar-refractivity contribution >= 4 is 29.6 Å². The first-order valence-corrected chi connectivity index (χ1v) is 14.1. The van der Waals surface area contributed by atoms with Crippen LogP contribution in [0.3, 0.4) is 0 Å². The summed E-state index contributed by atoms with van der Waals surface area (Å²) in [6.45, 7) is 2.07. The summed E-state index contributed by atoms with van der Waals surface area (Å²) in [6.07, 6.45) is 10.8. The van der Waals surface area contributed by atoms with E-state index >= 15 is 0 Å². The Morgan fingerprint density at radius 3 is 2.55 bits per heavy atom. The molecule has 3 heterocycles. The van der Waals surface area contributed by atoms with E-state index in [9.17, 15) is 4.79 Å². The average Bonchev–Trinajstić information content (AvgIpc) is 3.42. The Balaban J connectivity index is 1.50. The van der Waals surface area contributed by atoms with Gasteiger partial charge < -0.3 is 40.5 Å². The molecule has 1 saturated heterocycles. The molecule has 11 nitrogen and oxygen atoms in total. The topological polar surface area (TPSA) is 134 Å². The Morgan fingerprint density at radius 2 is 1.88 bits per heavy atom. The molecule has 4 N–H and O–H groups in total. The Morgan fingerprint density at radius 1 is 1.12 bits per heavy atom. The van der Waals surface area contributed by atoms with Crippen molar-refractivity contribution in [2.24, 2.45) is 0 Å². The molecule has 0 radical (unpaired) electrons. The van der Waals surface area contributed by atoms with Crippen molar-refractivity contribution in [3.05, 3.63) is 41.8 Å². The van der Waals surface area contributed by atoms with E-state index in [1.807, 2.05) is 30.5 Å². The number of hydrogen-bond acceptors (Lipinski definition) is 9. The lowest BCUT2D eigenvalue weighted by molar-refractivity contribution is -0.177. The zero-order valence-corrected chi connectivity index (χ0v) is 23.3. The number of rotatable bonds is 7. The predicted octanol–water partition coefficient (Wildman–Crippen LogP) is 4.86. The van der Waals surface area contributed by atoms with Crippen molar-refractivity contribution in [1.82, 2.24) is 15.3 Å². The van der Waals surface area contributed by atoms with E-state index in [2.05, 4.69) is 20.9 Å². The molecule has 0 unspecified atom stereocenters. The zero-order valence-electron chi connectivity index (χ0n) is 23.3. The molecule has 0 bridgehead atoms. The number of allylic oxidation sites excluding steroid dienone is 1. The molecule has 1 aromatic carbocycles. The van der Waals surface area contributed by atoms with Gasteiger partial charge in [-0.2, -0.15) is 0 Å². The first-order valence-electron chi connectivity index (χ1n) is 14.1. The normalized spacial score (nSPS) is 20.6. The van der Waals surface area contributed by atoms with Crippen molar-refractivity contribution in [3.8, 4) is 11.4 Å². The maximum Gasteiger partial charge on any atom is 0.318 e. The van der Waals surface area contributed by atoms with Gasteiger partial charge in [-0.3, -0.25) is 0 Å². The molecule has 2 aromatic rings. The molecule has 0 atom stereocenters. The Hall–Kier alpha value is -3.70. The van der Waals surface area contributed by atoms with Crippen molar-refractivity contribution in [2.75, 3.05) is 49.4 Å². The lowest BCUT2D eigenvalue weighted by Crippen LogP contribution is -2.39. The van der Waals surface area contributed by atoms with E-state index < -0.39 is 5.79 Å². The second kappa shape index (κ2) is 12.6. The predicted molar refractivity (Wildman–Crippen MR) is 155 cm³/mol. The van der Waals surface area contributed by atoms with Gasteiger partial charge in [0.15, 0.2) is 11.6 Å². The summed E-state index contributed by atoms with van der Waals surface area (Å²) < 4.78 is 17.5. The highest BCUT2D eigenvalue weighted by atomic mass is 16.7. The summed E-state index contributed by atoms with van der Waals surface area (Å²) in [5.41, 5.74) is 2.12. The van der Waals surface area contributed by atoms with Gasteiger partial charge in [0.05, 0.1) is 25.9 Å². The van der Waals surface area contributed by atoms with Gasteiger partial charge in [0.25, 0.3) is 0 Å². The molecule has 214 valence electrons. The Kier molecular flexibility index (Phi) is 8.81. The minimum absolute atomic E-state index is 0.171. The molecule has 3 aliphatic rings. The Labute approximate surface area is 235 Å². The maximum atomic E-state index is 11.7. The number of ether oxygens (including phenoxy) is 3. The highest BCUT2D eigenvalue weighted by Crippen LogP contribution is 2.38. The summed E-state index contributed by atoms with van der Waals surface area (Å²) >= 11 is 0. The van der Waals surface area contributed by atoms with Crippen LogP contribution in [0.15, 0.2) is 36.2 Å². The lowest BCUT2D eigenvalue weighted by Gasteiger charge is -2.36. The van der Waals surface area contributed by atoms with Gasteiger partial charge in [0.1, 0.15) is 17.4 Å². The van der Waals surface area contributed by atoms with Gasteiger partial charge in [0, 0.05) is 62.6 Å². The number of hydrogen-bond donors (Lipinski definition) is 4. The minimum Gasteiger partial charge on any atom is -0.500 e. The molecular formula is C29H39N7O4. The van der Waals surface area contributed by atoms with Crippen LogP contribution in [0.25, 0.3) is 11.4 Å². The van der Waals surface area contributed by atoms with Gasteiger partial charge >= 0.3 is 6.03 Å². The standard InChI is InChI=1S/C29H39N7O4/c1-31-28(37)33-21-9-7-20(8-10-21)25-34-26(32-22-11-13-29(14-12-22)39-16-17-40-29)24(18-30)27(35-25)36-15-5-3-4-6-23(19-36)38-2/h7-10,18-19,22,30H,3-6,11-17H2,1-2H3,(H2,31,33,37)(H,32,34,35)/b23-19+,30-18?. The van der Waals surface area contributed by atoms with Gasteiger partial charge in [-0.15, -0.1) is 0 Å². The van der Waals surface area contributed by atoms with Crippen molar-refractivity contribution in [3.63, 3.8) is 0 Å². The van der Waals surface area contributed by atoms with Gasteiger partial charge in [0.2, 0.25) is 0 Å². The van der Waals surface area contributed by atoms with Crippen LogP contribution >= 0.6 is 0 Å². The molecule has 2 aliphatic heterocycles. The van der Waals surface area contributed by atoms with Crippen molar-refractivity contribution in [2.45, 2.75) is 63.2 Å². The Bertz CT molecular complexity index is 1220. The third-order valence-electron chi connectivity index (χ3n) is 7.76. The van der Waals surface area contributed by atoms with Crippen LogP contribution in [-0.4, -0.2) is 68.0 Å². The third kappa shape index (κ3) is 6.37. The van der Waals surface area contributed by atoms with Crippen LogP contribution in [-0.2, 0) is 14.2 Å². The third-order valence-corrected chi connectivity index (χ3v) is 7.76. The average molecular weight is 550 g/mol. The van der Waals surface area contributed by atoms with Crippen molar-refractivity contribution < 1.29 is 19.0 Å². The number of nitrogens with one attached hydrogen (secondary N) is 4. The number of amides is 2. The highest BCUT2D eigenvalue weighted by Gasteiger charge is 2.40. The second-order valence-corrected chi connectivity index (χ2v) is 10.4. The fourth-order valence-corrected chi connectivity index (χ4v) is 5.51. The minimum atomic E-state index is -0.444. The number of aromatic nitrogens is 2. The number of carbonyl (C=O) groups excluding carboxylic acids is 1. The molecule has 40 heavy (non-hydrogen) atoms. The van der Waals surface area contributed by atoms with E-state index in [0.29, 0.717) is 41.9 Å². The molecule has 5 rings (SSSR count). The SMILES string of the molecule is CNC(=O)Nc1ccc(-c2nc(NC3CCC4(CC3)OCCO4)c(C=N)c(N3/C=C(/OC)CCCCC3)n2)cc1. The molecule has 1 saturated carbocycles. The van der Waals surface area contributed by atoms with E-state index in [1.165, 1.54) is 6.21 Å². The number of carbonyl (C=O) groups is 1. The number of benzene rings is 1. The molecule has 2 amide bonds. The lowest BCUT2D eigenvalue weighted by atomic mass is 9.90. The van der Waals surface area contributed by atoms with Crippen LogP contribution in [0.1, 0.15) is 56.9 Å². The number of urea groups is 1. The first-order chi connectivity index (χ1) is 19.5. The monoisotopic (exact) mass is 549 g/mol. The fraction of sp³-hybridized carbons (Fsp3) is 0.517. The molecule has 11 heteroatoms. The molecule has 1 aliphatic carbocycles. The van der Waals surface area contributed by atoms with E-state index in [4.69, 9.17) is 29.6 Å². The molecule has 2 fully saturated rings. The number of methoxy groups -OCH3 is 1. The fourth-order valence-electron chi connectivity index (χ4n) is 5.51. The van der Waals surface area contributed by atoms with Crippen LogP contribution in [0, 0.1) is 5.41 Å². The van der Waals surface area contributed by atoms with Gasteiger partial charge in [-0.1, -0.05) is 6.42 Å². The summed E-state index contributed by atoms with van der Waals surface area (Å²) in [4.78, 5) is 23.7. The second-order valence-electron chi connectivity index (χ2n) is 10.4. The molecular weight excluding hydrogens is 510 g/mol. The molecule has 1 aromatic heterocycles. The first kappa shape index (κ1) is 27.9. The summed E-state index contributed by atoms with van der Waals surface area (Å²) in [5.74, 6) is 2.29. The summed E-state index contributed by atoms with van der Waals surface area (Å²) in [6, 6.07) is 7.32. The van der Waals surface area contributed by atoms with Crippen molar-refractivity contribution in [1.29, 1.82) is 5.41 Å². The van der Waals surface area contributed by atoms with Gasteiger partial charge in [-0.25, -0.2) is 14.8 Å². The van der Waals surface area contributed by atoms with E-state index in [-0.39, 0.29) is 12.1 Å². The number of anilines is 3.